The number of carbonyl (C=O) groups excluding carboxylic acids is 1. The van der Waals surface area contributed by atoms with Crippen molar-refractivity contribution in [2.24, 2.45) is 0 Å². The highest BCUT2D eigenvalue weighted by Gasteiger charge is 2.19. The minimum absolute atomic E-state index is 0.0868. The van der Waals surface area contributed by atoms with Gasteiger partial charge >= 0.3 is 0 Å². The van der Waals surface area contributed by atoms with Crippen molar-refractivity contribution in [3.8, 4) is 17.1 Å². The maximum Gasteiger partial charge on any atom is 0.295 e. The summed E-state index contributed by atoms with van der Waals surface area (Å²) in [5.41, 5.74) is 4.38. The molecule has 0 atom stereocenters. The fourth-order valence-corrected chi connectivity index (χ4v) is 3.40. The normalized spacial score (nSPS) is 10.8. The number of anilines is 1. The number of hydrogen-bond donors (Lipinski definition) is 1. The molecule has 30 heavy (non-hydrogen) atoms. The van der Waals surface area contributed by atoms with Gasteiger partial charge in [0.1, 0.15) is 0 Å². The van der Waals surface area contributed by atoms with Crippen molar-refractivity contribution < 1.29 is 4.79 Å². The predicted molar refractivity (Wildman–Crippen MR) is 123 cm³/mol. The molecule has 1 amide bonds. The van der Waals surface area contributed by atoms with E-state index in [1.807, 2.05) is 68.4 Å². The number of halogens is 2. The standard InChI is InChI=1S/C23H18BrClN4O/c1-14-3-4-15(2)20(13-14)26-23(30)21-27-22(16-5-9-18(25)10-6-16)29(28-21)19-11-7-17(24)8-12-19/h3-13H,1-2H3,(H,26,30). The summed E-state index contributed by atoms with van der Waals surface area (Å²) >= 11 is 9.48. The number of carbonyl (C=O) groups is 1. The summed E-state index contributed by atoms with van der Waals surface area (Å²) in [5.74, 6) is 0.277. The Labute approximate surface area is 187 Å². The quantitative estimate of drug-likeness (QED) is 0.376. The lowest BCUT2D eigenvalue weighted by atomic mass is 10.1. The lowest BCUT2D eigenvalue weighted by Gasteiger charge is -2.07. The van der Waals surface area contributed by atoms with Crippen molar-refractivity contribution in [3.05, 3.63) is 93.2 Å². The van der Waals surface area contributed by atoms with E-state index in [9.17, 15) is 4.79 Å². The van der Waals surface area contributed by atoms with Crippen LogP contribution in [0.2, 0.25) is 5.02 Å². The van der Waals surface area contributed by atoms with E-state index in [0.29, 0.717) is 10.8 Å². The maximum atomic E-state index is 12.9. The highest BCUT2D eigenvalue weighted by molar-refractivity contribution is 9.10. The zero-order valence-corrected chi connectivity index (χ0v) is 18.7. The third-order valence-corrected chi connectivity index (χ3v) is 5.41. The molecule has 0 aliphatic rings. The Morgan fingerprint density at radius 1 is 1.00 bits per heavy atom. The van der Waals surface area contributed by atoms with E-state index in [2.05, 4.69) is 31.3 Å². The summed E-state index contributed by atoms with van der Waals surface area (Å²) < 4.78 is 2.61. The van der Waals surface area contributed by atoms with Gasteiger partial charge in [-0.25, -0.2) is 9.67 Å². The van der Waals surface area contributed by atoms with Crippen molar-refractivity contribution in [2.75, 3.05) is 5.32 Å². The van der Waals surface area contributed by atoms with Gasteiger partial charge in [0.05, 0.1) is 5.69 Å². The summed E-state index contributed by atoms with van der Waals surface area (Å²) in [6, 6.07) is 20.8. The van der Waals surface area contributed by atoms with Crippen LogP contribution in [0.4, 0.5) is 5.69 Å². The number of benzene rings is 3. The Morgan fingerprint density at radius 2 is 1.70 bits per heavy atom. The fraction of sp³-hybridized carbons (Fsp3) is 0.0870. The summed E-state index contributed by atoms with van der Waals surface area (Å²) in [5, 5.41) is 8.05. The fourth-order valence-electron chi connectivity index (χ4n) is 3.01. The number of nitrogens with one attached hydrogen (secondary N) is 1. The van der Waals surface area contributed by atoms with Gasteiger partial charge in [-0.2, -0.15) is 0 Å². The molecule has 1 heterocycles. The largest absolute Gasteiger partial charge is 0.319 e. The van der Waals surface area contributed by atoms with E-state index in [-0.39, 0.29) is 11.7 Å². The minimum atomic E-state index is -0.366. The van der Waals surface area contributed by atoms with E-state index >= 15 is 0 Å². The van der Waals surface area contributed by atoms with Gasteiger partial charge < -0.3 is 5.32 Å². The van der Waals surface area contributed by atoms with Crippen molar-refractivity contribution in [1.82, 2.24) is 14.8 Å². The van der Waals surface area contributed by atoms with Gasteiger partial charge in [0.15, 0.2) is 5.82 Å². The molecular weight excluding hydrogens is 464 g/mol. The van der Waals surface area contributed by atoms with Crippen molar-refractivity contribution in [1.29, 1.82) is 0 Å². The van der Waals surface area contributed by atoms with E-state index in [1.165, 1.54) is 0 Å². The van der Waals surface area contributed by atoms with Crippen LogP contribution in [0, 0.1) is 13.8 Å². The molecule has 5 nitrogen and oxygen atoms in total. The molecule has 7 heteroatoms. The molecule has 0 aliphatic carbocycles. The van der Waals surface area contributed by atoms with Crippen LogP contribution in [0.3, 0.4) is 0 Å². The molecule has 0 bridgehead atoms. The number of rotatable bonds is 4. The monoisotopic (exact) mass is 480 g/mol. The third-order valence-electron chi connectivity index (χ3n) is 4.63. The molecule has 3 aromatic carbocycles. The first-order valence-corrected chi connectivity index (χ1v) is 10.5. The summed E-state index contributed by atoms with van der Waals surface area (Å²) in [6.45, 7) is 3.93. The first-order valence-electron chi connectivity index (χ1n) is 9.28. The molecule has 1 N–H and O–H groups in total. The van der Waals surface area contributed by atoms with Crippen LogP contribution in [-0.4, -0.2) is 20.7 Å². The number of nitrogens with zero attached hydrogens (tertiary/aromatic N) is 3. The van der Waals surface area contributed by atoms with Gasteiger partial charge in [0.25, 0.3) is 5.91 Å². The summed E-state index contributed by atoms with van der Waals surface area (Å²) in [7, 11) is 0. The van der Waals surface area contributed by atoms with Crippen LogP contribution in [0.1, 0.15) is 21.7 Å². The molecule has 150 valence electrons. The molecule has 0 saturated heterocycles. The number of aromatic nitrogens is 3. The topological polar surface area (TPSA) is 59.8 Å². The molecule has 1 aromatic heterocycles. The maximum absolute atomic E-state index is 12.9. The molecule has 0 radical (unpaired) electrons. The second-order valence-electron chi connectivity index (χ2n) is 6.93. The zero-order chi connectivity index (χ0) is 21.3. The minimum Gasteiger partial charge on any atom is -0.319 e. The van der Waals surface area contributed by atoms with Crippen molar-refractivity contribution in [2.45, 2.75) is 13.8 Å². The van der Waals surface area contributed by atoms with Crippen LogP contribution in [0.5, 0.6) is 0 Å². The van der Waals surface area contributed by atoms with Crippen LogP contribution in [-0.2, 0) is 0 Å². The first-order chi connectivity index (χ1) is 14.4. The lowest BCUT2D eigenvalue weighted by molar-refractivity contribution is 0.101. The Balaban J connectivity index is 1.76. The smallest absolute Gasteiger partial charge is 0.295 e. The molecule has 0 spiro atoms. The first kappa shape index (κ1) is 20.3. The van der Waals surface area contributed by atoms with Gasteiger partial charge in [-0.1, -0.05) is 39.7 Å². The van der Waals surface area contributed by atoms with Gasteiger partial charge in [0, 0.05) is 20.7 Å². The van der Waals surface area contributed by atoms with Crippen LogP contribution in [0.15, 0.2) is 71.2 Å². The Kier molecular flexibility index (Phi) is 5.70. The van der Waals surface area contributed by atoms with E-state index in [1.54, 1.807) is 16.8 Å². The Bertz CT molecular complexity index is 1150. The summed E-state index contributed by atoms with van der Waals surface area (Å²) in [4.78, 5) is 17.5. The molecule has 0 fully saturated rings. The van der Waals surface area contributed by atoms with Gasteiger partial charge in [-0.05, 0) is 79.6 Å². The van der Waals surface area contributed by atoms with Gasteiger partial charge in [-0.15, -0.1) is 5.10 Å². The van der Waals surface area contributed by atoms with Crippen molar-refractivity contribution in [3.63, 3.8) is 0 Å². The van der Waals surface area contributed by atoms with E-state index < -0.39 is 0 Å². The highest BCUT2D eigenvalue weighted by Crippen LogP contribution is 2.25. The molecule has 4 aromatic rings. The highest BCUT2D eigenvalue weighted by atomic mass is 79.9. The van der Waals surface area contributed by atoms with E-state index in [4.69, 9.17) is 11.6 Å². The second kappa shape index (κ2) is 8.42. The average Bonchev–Trinajstić information content (AvgIpc) is 3.17. The Hall–Kier alpha value is -2.96. The van der Waals surface area contributed by atoms with Crippen molar-refractivity contribution >= 4 is 39.1 Å². The molecule has 0 unspecified atom stereocenters. The molecule has 0 aliphatic heterocycles. The number of amides is 1. The van der Waals surface area contributed by atoms with Crippen LogP contribution < -0.4 is 5.32 Å². The summed E-state index contributed by atoms with van der Waals surface area (Å²) in [6.07, 6.45) is 0. The van der Waals surface area contributed by atoms with E-state index in [0.717, 1.165) is 32.5 Å². The van der Waals surface area contributed by atoms with Crippen LogP contribution >= 0.6 is 27.5 Å². The predicted octanol–water partition coefficient (Wildman–Crippen LogP) is 6.22. The SMILES string of the molecule is Cc1ccc(C)c(NC(=O)c2nc(-c3ccc(Cl)cc3)n(-c3ccc(Br)cc3)n2)c1. The molecular formula is C23H18BrClN4O. The number of hydrogen-bond acceptors (Lipinski definition) is 3. The third kappa shape index (κ3) is 4.30. The second-order valence-corrected chi connectivity index (χ2v) is 8.28. The van der Waals surface area contributed by atoms with Crippen LogP contribution in [0.25, 0.3) is 17.1 Å². The zero-order valence-electron chi connectivity index (χ0n) is 16.4. The lowest BCUT2D eigenvalue weighted by Crippen LogP contribution is -2.15. The molecule has 0 saturated carbocycles. The average molecular weight is 482 g/mol. The number of aryl methyl sites for hydroxylation is 2. The Morgan fingerprint density at radius 3 is 2.40 bits per heavy atom. The van der Waals surface area contributed by atoms with Gasteiger partial charge in [-0.3, -0.25) is 4.79 Å². The van der Waals surface area contributed by atoms with Gasteiger partial charge in [0.2, 0.25) is 5.82 Å². The molecule has 4 rings (SSSR count).